The van der Waals surface area contributed by atoms with Gasteiger partial charge in [0, 0.05) is 17.3 Å². The summed E-state index contributed by atoms with van der Waals surface area (Å²) < 4.78 is 4.67. The molecule has 1 rings (SSSR count). The van der Waals surface area contributed by atoms with Crippen LogP contribution in [0.5, 0.6) is 5.75 Å². The van der Waals surface area contributed by atoms with Crippen LogP contribution in [0.2, 0.25) is 0 Å². The molecule has 0 heterocycles. The molecule has 0 aliphatic heterocycles. The fraction of sp³-hybridized carbons (Fsp3) is 0.167. The number of aromatic carboxylic acids is 1. The van der Waals surface area contributed by atoms with Gasteiger partial charge in [-0.2, -0.15) is 0 Å². The average molecular weight is 251 g/mol. The topological polar surface area (TPSA) is 95.9 Å². The molecule has 1 aromatic rings. The first kappa shape index (κ1) is 13.6. The van der Waals surface area contributed by atoms with Gasteiger partial charge in [0.05, 0.1) is 5.56 Å². The molecule has 1 amide bonds. The number of carbonyl (C=O) groups excluding carboxylic acids is 1. The maximum Gasteiger partial charge on any atom is 0.411 e. The summed E-state index contributed by atoms with van der Waals surface area (Å²) in [5.41, 5.74) is 0.283. The van der Waals surface area contributed by atoms with E-state index in [1.165, 1.54) is 25.1 Å². The highest BCUT2D eigenvalue weighted by atomic mass is 16.5. The van der Waals surface area contributed by atoms with Crippen LogP contribution in [0.15, 0.2) is 24.8 Å². The summed E-state index contributed by atoms with van der Waals surface area (Å²) in [5, 5.41) is 20.8. The summed E-state index contributed by atoms with van der Waals surface area (Å²) in [6, 6.07) is 2.49. The van der Waals surface area contributed by atoms with Gasteiger partial charge in [0.2, 0.25) is 0 Å². The third kappa shape index (κ3) is 3.24. The van der Waals surface area contributed by atoms with Crippen LogP contribution in [0.4, 0.5) is 10.5 Å². The zero-order valence-corrected chi connectivity index (χ0v) is 9.77. The molecule has 6 nitrogen and oxygen atoms in total. The summed E-state index contributed by atoms with van der Waals surface area (Å²) in [6.07, 6.45) is 0.643. The van der Waals surface area contributed by atoms with E-state index in [9.17, 15) is 14.7 Å². The maximum atomic E-state index is 11.2. The zero-order valence-electron chi connectivity index (χ0n) is 9.77. The molecule has 1 aromatic carbocycles. The SMILES string of the molecule is C=CCOC(=O)Nc1cc(O)c(C)c(C(=O)O)c1. The van der Waals surface area contributed by atoms with Crippen LogP contribution in [0.3, 0.4) is 0 Å². The number of carbonyl (C=O) groups is 2. The van der Waals surface area contributed by atoms with Crippen molar-refractivity contribution < 1.29 is 24.5 Å². The molecule has 0 bridgehead atoms. The molecule has 0 aliphatic rings. The predicted molar refractivity (Wildman–Crippen MR) is 65.0 cm³/mol. The summed E-state index contributed by atoms with van der Waals surface area (Å²) in [4.78, 5) is 22.2. The van der Waals surface area contributed by atoms with Crippen molar-refractivity contribution >= 4 is 17.7 Å². The molecule has 3 N–H and O–H groups in total. The number of phenols is 1. The van der Waals surface area contributed by atoms with Gasteiger partial charge in [0.1, 0.15) is 12.4 Å². The molecule has 0 atom stereocenters. The van der Waals surface area contributed by atoms with Gasteiger partial charge in [-0.1, -0.05) is 12.7 Å². The van der Waals surface area contributed by atoms with Crippen LogP contribution in [0, 0.1) is 6.92 Å². The third-order valence-electron chi connectivity index (χ3n) is 2.19. The third-order valence-corrected chi connectivity index (χ3v) is 2.19. The van der Waals surface area contributed by atoms with Crippen LogP contribution < -0.4 is 5.32 Å². The predicted octanol–water partition coefficient (Wildman–Crippen LogP) is 2.13. The highest BCUT2D eigenvalue weighted by Crippen LogP contribution is 2.25. The quantitative estimate of drug-likeness (QED) is 0.712. The zero-order chi connectivity index (χ0) is 13.7. The van der Waals surface area contributed by atoms with Crippen molar-refractivity contribution in [2.75, 3.05) is 11.9 Å². The Morgan fingerprint density at radius 2 is 2.17 bits per heavy atom. The van der Waals surface area contributed by atoms with E-state index in [-0.39, 0.29) is 29.2 Å². The van der Waals surface area contributed by atoms with Crippen molar-refractivity contribution in [3.05, 3.63) is 35.9 Å². The van der Waals surface area contributed by atoms with Crippen molar-refractivity contribution in [1.82, 2.24) is 0 Å². The molecule has 0 aliphatic carbocycles. The first-order valence-electron chi connectivity index (χ1n) is 5.07. The number of hydrogen-bond donors (Lipinski definition) is 3. The second kappa shape index (κ2) is 5.72. The highest BCUT2D eigenvalue weighted by molar-refractivity contribution is 5.93. The number of carboxylic acid groups (broad SMARTS) is 1. The number of carboxylic acids is 1. The van der Waals surface area contributed by atoms with Gasteiger partial charge >= 0.3 is 12.1 Å². The van der Waals surface area contributed by atoms with Crippen LogP contribution in [-0.4, -0.2) is 28.9 Å². The minimum Gasteiger partial charge on any atom is -0.508 e. The van der Waals surface area contributed by atoms with Gasteiger partial charge in [0.15, 0.2) is 0 Å². The molecular weight excluding hydrogens is 238 g/mol. The lowest BCUT2D eigenvalue weighted by Crippen LogP contribution is -2.14. The van der Waals surface area contributed by atoms with E-state index in [1.807, 2.05) is 0 Å². The fourth-order valence-electron chi connectivity index (χ4n) is 1.28. The van der Waals surface area contributed by atoms with Gasteiger partial charge in [-0.05, 0) is 13.0 Å². The van der Waals surface area contributed by atoms with E-state index in [4.69, 9.17) is 5.11 Å². The second-order valence-corrected chi connectivity index (χ2v) is 3.49. The van der Waals surface area contributed by atoms with Crippen molar-refractivity contribution in [2.45, 2.75) is 6.92 Å². The largest absolute Gasteiger partial charge is 0.508 e. The number of hydrogen-bond acceptors (Lipinski definition) is 4. The van der Waals surface area contributed by atoms with E-state index in [2.05, 4.69) is 16.6 Å². The molecule has 0 saturated carbocycles. The van der Waals surface area contributed by atoms with Crippen molar-refractivity contribution in [3.8, 4) is 5.75 Å². The summed E-state index contributed by atoms with van der Waals surface area (Å²) >= 11 is 0. The minimum atomic E-state index is -1.19. The number of phenolic OH excluding ortho intramolecular Hbond substituents is 1. The van der Waals surface area contributed by atoms with E-state index < -0.39 is 12.1 Å². The lowest BCUT2D eigenvalue weighted by molar-refractivity contribution is 0.0695. The molecular formula is C12H13NO5. The number of amides is 1. The van der Waals surface area contributed by atoms with Gasteiger partial charge in [-0.25, -0.2) is 9.59 Å². The molecule has 0 fully saturated rings. The highest BCUT2D eigenvalue weighted by Gasteiger charge is 2.13. The lowest BCUT2D eigenvalue weighted by Gasteiger charge is -2.09. The summed E-state index contributed by atoms with van der Waals surface area (Å²) in [5.74, 6) is -1.40. The first-order chi connectivity index (χ1) is 8.45. The number of ether oxygens (including phenoxy) is 1. The van der Waals surface area contributed by atoms with E-state index in [0.29, 0.717) is 0 Å². The lowest BCUT2D eigenvalue weighted by atomic mass is 10.1. The molecule has 0 radical (unpaired) electrons. The molecule has 18 heavy (non-hydrogen) atoms. The Bertz CT molecular complexity index is 495. The van der Waals surface area contributed by atoms with Crippen LogP contribution in [-0.2, 0) is 4.74 Å². The Hall–Kier alpha value is -2.50. The Balaban J connectivity index is 2.94. The summed E-state index contributed by atoms with van der Waals surface area (Å²) in [6.45, 7) is 4.89. The van der Waals surface area contributed by atoms with E-state index in [0.717, 1.165) is 0 Å². The minimum absolute atomic E-state index is 0.0372. The van der Waals surface area contributed by atoms with Crippen LogP contribution >= 0.6 is 0 Å². The Morgan fingerprint density at radius 1 is 1.50 bits per heavy atom. The van der Waals surface area contributed by atoms with Crippen molar-refractivity contribution in [2.24, 2.45) is 0 Å². The van der Waals surface area contributed by atoms with Gasteiger partial charge in [-0.3, -0.25) is 5.32 Å². The molecule has 96 valence electrons. The Labute approximate surface area is 104 Å². The monoisotopic (exact) mass is 251 g/mol. The number of rotatable bonds is 4. The van der Waals surface area contributed by atoms with Crippen molar-refractivity contribution in [3.63, 3.8) is 0 Å². The number of anilines is 1. The molecule has 0 spiro atoms. The van der Waals surface area contributed by atoms with Crippen LogP contribution in [0.1, 0.15) is 15.9 Å². The normalized spacial score (nSPS) is 9.61. The maximum absolute atomic E-state index is 11.2. The van der Waals surface area contributed by atoms with Gasteiger partial charge in [0.25, 0.3) is 0 Å². The van der Waals surface area contributed by atoms with Gasteiger partial charge < -0.3 is 14.9 Å². The fourth-order valence-corrected chi connectivity index (χ4v) is 1.28. The van der Waals surface area contributed by atoms with Gasteiger partial charge in [-0.15, -0.1) is 0 Å². The van der Waals surface area contributed by atoms with E-state index in [1.54, 1.807) is 0 Å². The van der Waals surface area contributed by atoms with E-state index >= 15 is 0 Å². The second-order valence-electron chi connectivity index (χ2n) is 3.49. The Morgan fingerprint density at radius 3 is 2.72 bits per heavy atom. The van der Waals surface area contributed by atoms with Crippen LogP contribution in [0.25, 0.3) is 0 Å². The average Bonchev–Trinajstić information content (AvgIpc) is 2.30. The Kier molecular flexibility index (Phi) is 4.31. The summed E-state index contributed by atoms with van der Waals surface area (Å²) in [7, 11) is 0. The number of nitrogens with one attached hydrogen (secondary N) is 1. The smallest absolute Gasteiger partial charge is 0.411 e. The number of aromatic hydroxyl groups is 1. The molecule has 0 aromatic heterocycles. The molecule has 0 unspecified atom stereocenters. The first-order valence-corrected chi connectivity index (χ1v) is 5.07. The van der Waals surface area contributed by atoms with Crippen molar-refractivity contribution in [1.29, 1.82) is 0 Å². The standard InChI is InChI=1S/C12H13NO5/c1-3-4-18-12(17)13-8-5-9(11(15)16)7(2)10(14)6-8/h3,5-6,14H,1,4H2,2H3,(H,13,17)(H,15,16). The molecule has 0 saturated heterocycles. The number of benzene rings is 1. The molecule has 6 heteroatoms.